The minimum absolute atomic E-state index is 0.260. The first kappa shape index (κ1) is 12.0. The fourth-order valence-corrected chi connectivity index (χ4v) is 1.99. The summed E-state index contributed by atoms with van der Waals surface area (Å²) in [5, 5.41) is 4.54. The minimum atomic E-state index is 0.260. The maximum atomic E-state index is 6.11. The van der Waals surface area contributed by atoms with Crippen LogP contribution in [0.5, 0.6) is 0 Å². The number of nitrogens with zero attached hydrogens (tertiary/aromatic N) is 1. The molecule has 0 saturated carbocycles. The summed E-state index contributed by atoms with van der Waals surface area (Å²) in [6.45, 7) is 6.08. The molecule has 1 aromatic carbocycles. The average molecular weight is 251 g/mol. The highest BCUT2D eigenvalue weighted by atomic mass is 35.5. The molecule has 0 fully saturated rings. The van der Waals surface area contributed by atoms with Gasteiger partial charge < -0.3 is 10.3 Å². The lowest BCUT2D eigenvalue weighted by molar-refractivity contribution is 0.434. The Morgan fingerprint density at radius 1 is 1.35 bits per heavy atom. The highest BCUT2D eigenvalue weighted by molar-refractivity contribution is 6.31. The van der Waals surface area contributed by atoms with Crippen LogP contribution in [-0.2, 0) is 0 Å². The summed E-state index contributed by atoms with van der Waals surface area (Å²) >= 11 is 6.11. The number of nitrogens with two attached hydrogens (primary N) is 1. The van der Waals surface area contributed by atoms with E-state index in [0.29, 0.717) is 16.6 Å². The summed E-state index contributed by atoms with van der Waals surface area (Å²) < 4.78 is 5.30. The van der Waals surface area contributed by atoms with E-state index in [1.807, 2.05) is 25.1 Å². The second kappa shape index (κ2) is 4.41. The van der Waals surface area contributed by atoms with E-state index >= 15 is 0 Å². The van der Waals surface area contributed by atoms with Gasteiger partial charge in [-0.25, -0.2) is 0 Å². The Labute approximate surface area is 106 Å². The second-order valence-corrected chi connectivity index (χ2v) is 4.84. The number of hydrogen-bond donors (Lipinski definition) is 1. The summed E-state index contributed by atoms with van der Waals surface area (Å²) in [5.41, 5.74) is 8.69. The van der Waals surface area contributed by atoms with E-state index in [0.717, 1.165) is 16.7 Å². The lowest BCUT2D eigenvalue weighted by Gasteiger charge is -2.06. The Bertz CT molecular complexity index is 546. The molecule has 0 spiro atoms. The van der Waals surface area contributed by atoms with Crippen molar-refractivity contribution in [3.8, 4) is 11.3 Å². The minimum Gasteiger partial charge on any atom is -0.381 e. The average Bonchev–Trinajstić information content (AvgIpc) is 2.64. The molecule has 0 amide bonds. The van der Waals surface area contributed by atoms with E-state index in [4.69, 9.17) is 21.9 Å². The Morgan fingerprint density at radius 3 is 2.65 bits per heavy atom. The van der Waals surface area contributed by atoms with E-state index in [1.165, 1.54) is 0 Å². The fraction of sp³-hybridized carbons (Fsp3) is 0.308. The highest BCUT2D eigenvalue weighted by Gasteiger charge is 2.18. The summed E-state index contributed by atoms with van der Waals surface area (Å²) in [6, 6.07) is 5.80. The van der Waals surface area contributed by atoms with Crippen LogP contribution in [0, 0.1) is 6.92 Å². The molecule has 0 aliphatic carbocycles. The van der Waals surface area contributed by atoms with Gasteiger partial charge in [0, 0.05) is 16.1 Å². The van der Waals surface area contributed by atoms with Gasteiger partial charge in [-0.3, -0.25) is 0 Å². The van der Waals surface area contributed by atoms with Crippen molar-refractivity contribution in [3.05, 3.63) is 34.3 Å². The van der Waals surface area contributed by atoms with E-state index in [1.54, 1.807) is 0 Å². The van der Waals surface area contributed by atoms with E-state index in [2.05, 4.69) is 19.0 Å². The summed E-state index contributed by atoms with van der Waals surface area (Å²) in [7, 11) is 0. The Morgan fingerprint density at radius 2 is 2.06 bits per heavy atom. The molecule has 0 saturated heterocycles. The van der Waals surface area contributed by atoms with Crippen LogP contribution in [0.1, 0.15) is 30.9 Å². The van der Waals surface area contributed by atoms with Crippen molar-refractivity contribution >= 4 is 17.4 Å². The smallest absolute Gasteiger partial charge is 0.172 e. The van der Waals surface area contributed by atoms with Gasteiger partial charge in [-0.1, -0.05) is 42.7 Å². The molecular weight excluding hydrogens is 236 g/mol. The van der Waals surface area contributed by atoms with Crippen LogP contribution in [0.2, 0.25) is 5.02 Å². The predicted octanol–water partition coefficient (Wildman–Crippen LogP) is 4.01. The van der Waals surface area contributed by atoms with E-state index < -0.39 is 0 Å². The first-order valence-electron chi connectivity index (χ1n) is 5.52. The molecule has 0 atom stereocenters. The molecule has 3 nitrogen and oxygen atoms in total. The van der Waals surface area contributed by atoms with Crippen molar-refractivity contribution < 1.29 is 4.52 Å². The maximum Gasteiger partial charge on any atom is 0.172 e. The molecule has 2 rings (SSSR count). The number of anilines is 1. The molecule has 0 bridgehead atoms. The molecule has 4 heteroatoms. The monoisotopic (exact) mass is 250 g/mol. The zero-order chi connectivity index (χ0) is 12.6. The first-order chi connectivity index (χ1) is 8.00. The SMILES string of the molecule is Cc1ccc(-c2onc(N)c2C(C)C)cc1Cl. The third-order valence-electron chi connectivity index (χ3n) is 2.77. The number of benzene rings is 1. The van der Waals surface area contributed by atoms with E-state index in [9.17, 15) is 0 Å². The normalized spacial score (nSPS) is 11.1. The van der Waals surface area contributed by atoms with Crippen LogP contribution in [0.15, 0.2) is 22.7 Å². The van der Waals surface area contributed by atoms with Gasteiger partial charge in [-0.2, -0.15) is 0 Å². The third kappa shape index (κ3) is 2.15. The molecule has 90 valence electrons. The number of halogens is 1. The van der Waals surface area contributed by atoms with E-state index in [-0.39, 0.29) is 5.92 Å². The van der Waals surface area contributed by atoms with Gasteiger partial charge in [0.05, 0.1) is 0 Å². The zero-order valence-electron chi connectivity index (χ0n) is 10.1. The van der Waals surface area contributed by atoms with Crippen molar-refractivity contribution in [1.82, 2.24) is 5.16 Å². The highest BCUT2D eigenvalue weighted by Crippen LogP contribution is 2.34. The fourth-order valence-electron chi connectivity index (χ4n) is 1.81. The Kier molecular flexibility index (Phi) is 3.11. The quantitative estimate of drug-likeness (QED) is 0.876. The van der Waals surface area contributed by atoms with Gasteiger partial charge in [0.1, 0.15) is 0 Å². The van der Waals surface area contributed by atoms with Gasteiger partial charge in [-0.05, 0) is 24.5 Å². The van der Waals surface area contributed by atoms with Crippen LogP contribution in [0.25, 0.3) is 11.3 Å². The number of aryl methyl sites for hydroxylation is 1. The molecule has 0 radical (unpaired) electrons. The Hall–Kier alpha value is -1.48. The van der Waals surface area contributed by atoms with Gasteiger partial charge >= 0.3 is 0 Å². The molecule has 0 aliphatic heterocycles. The number of aromatic nitrogens is 1. The van der Waals surface area contributed by atoms with Crippen molar-refractivity contribution in [2.75, 3.05) is 5.73 Å². The molecule has 2 aromatic rings. The lowest BCUT2D eigenvalue weighted by Crippen LogP contribution is -1.95. The molecular formula is C13H15ClN2O. The van der Waals surface area contributed by atoms with Crippen molar-refractivity contribution in [2.24, 2.45) is 0 Å². The molecule has 1 heterocycles. The molecule has 2 N–H and O–H groups in total. The molecule has 17 heavy (non-hydrogen) atoms. The van der Waals surface area contributed by atoms with Crippen LogP contribution in [0.4, 0.5) is 5.82 Å². The standard InChI is InChI=1S/C13H15ClN2O/c1-7(2)11-12(17-16-13(11)15)9-5-4-8(3)10(14)6-9/h4-7H,1-3H3,(H2,15,16). The van der Waals surface area contributed by atoms with Gasteiger partial charge in [0.15, 0.2) is 11.6 Å². The largest absolute Gasteiger partial charge is 0.381 e. The van der Waals surface area contributed by atoms with Gasteiger partial charge in [0.2, 0.25) is 0 Å². The molecule has 0 unspecified atom stereocenters. The second-order valence-electron chi connectivity index (χ2n) is 4.43. The van der Waals surface area contributed by atoms with Gasteiger partial charge in [0.25, 0.3) is 0 Å². The third-order valence-corrected chi connectivity index (χ3v) is 3.17. The van der Waals surface area contributed by atoms with Gasteiger partial charge in [-0.15, -0.1) is 0 Å². The summed E-state index contributed by atoms with van der Waals surface area (Å²) in [5.74, 6) is 1.42. The Balaban J connectivity index is 2.56. The lowest BCUT2D eigenvalue weighted by atomic mass is 9.99. The van der Waals surface area contributed by atoms with Crippen molar-refractivity contribution in [2.45, 2.75) is 26.7 Å². The van der Waals surface area contributed by atoms with Crippen LogP contribution in [-0.4, -0.2) is 5.16 Å². The maximum absolute atomic E-state index is 6.11. The number of hydrogen-bond acceptors (Lipinski definition) is 3. The number of nitrogen functional groups attached to an aromatic ring is 1. The number of rotatable bonds is 2. The first-order valence-corrected chi connectivity index (χ1v) is 5.90. The van der Waals surface area contributed by atoms with Crippen LogP contribution in [0.3, 0.4) is 0 Å². The van der Waals surface area contributed by atoms with Crippen molar-refractivity contribution in [1.29, 1.82) is 0 Å². The zero-order valence-corrected chi connectivity index (χ0v) is 10.9. The van der Waals surface area contributed by atoms with Crippen LogP contribution < -0.4 is 5.73 Å². The van der Waals surface area contributed by atoms with Crippen molar-refractivity contribution in [3.63, 3.8) is 0 Å². The predicted molar refractivity (Wildman–Crippen MR) is 70.2 cm³/mol. The summed E-state index contributed by atoms with van der Waals surface area (Å²) in [6.07, 6.45) is 0. The summed E-state index contributed by atoms with van der Waals surface area (Å²) in [4.78, 5) is 0. The molecule has 0 aliphatic rings. The molecule has 1 aromatic heterocycles. The van der Waals surface area contributed by atoms with Crippen LogP contribution >= 0.6 is 11.6 Å². The topological polar surface area (TPSA) is 52.0 Å².